The average molecular weight is 467 g/mol. The van der Waals surface area contributed by atoms with Crippen LogP contribution in [0.25, 0.3) is 11.2 Å². The minimum absolute atomic E-state index is 0.0443. The quantitative estimate of drug-likeness (QED) is 0.345. The van der Waals surface area contributed by atoms with Gasteiger partial charge in [0.1, 0.15) is 22.8 Å². The molecule has 0 amide bonds. The van der Waals surface area contributed by atoms with Crippen LogP contribution in [0.15, 0.2) is 67.0 Å². The second-order valence-corrected chi connectivity index (χ2v) is 8.84. The van der Waals surface area contributed by atoms with Crippen LogP contribution in [-0.4, -0.2) is 43.3 Å². The van der Waals surface area contributed by atoms with Gasteiger partial charge in [0, 0.05) is 12.1 Å². The molecule has 9 nitrogen and oxygen atoms in total. The topological polar surface area (TPSA) is 120 Å². The number of nitrogens with one attached hydrogen (secondary N) is 2. The van der Waals surface area contributed by atoms with Crippen LogP contribution < -0.4 is 15.8 Å². The van der Waals surface area contributed by atoms with Crippen LogP contribution in [0, 0.1) is 0 Å². The first-order valence-electron chi connectivity index (χ1n) is 11.8. The van der Waals surface area contributed by atoms with E-state index in [-0.39, 0.29) is 5.92 Å². The van der Waals surface area contributed by atoms with Gasteiger partial charge < -0.3 is 15.8 Å². The maximum Gasteiger partial charge on any atom is 0.203 e. The molecule has 4 heterocycles. The largest absolute Gasteiger partial charge is 0.457 e. The number of fused-ring (bicyclic) bond motifs is 7. The third-order valence-corrected chi connectivity index (χ3v) is 6.35. The molecule has 3 aromatic heterocycles. The van der Waals surface area contributed by atoms with Crippen LogP contribution >= 0.6 is 0 Å². The Labute approximate surface area is 202 Å². The zero-order valence-corrected chi connectivity index (χ0v) is 19.2. The lowest BCUT2D eigenvalue weighted by molar-refractivity contribution is 0.480. The highest BCUT2D eigenvalue weighted by Gasteiger charge is 2.22. The molecule has 4 N–H and O–H groups in total. The van der Waals surface area contributed by atoms with Gasteiger partial charge in [-0.1, -0.05) is 24.3 Å². The first-order valence-corrected chi connectivity index (χ1v) is 11.8. The Hall–Kier alpha value is -4.24. The number of H-pyrrole nitrogens is 1. The Kier molecular flexibility index (Phi) is 5.59. The molecule has 0 radical (unpaired) electrons. The van der Waals surface area contributed by atoms with Gasteiger partial charge >= 0.3 is 0 Å². The maximum atomic E-state index is 6.16. The highest BCUT2D eigenvalue weighted by molar-refractivity contribution is 5.77. The van der Waals surface area contributed by atoms with E-state index in [4.69, 9.17) is 10.5 Å². The maximum absolute atomic E-state index is 6.16. The van der Waals surface area contributed by atoms with E-state index < -0.39 is 0 Å². The molecule has 6 rings (SSSR count). The molecule has 1 aliphatic heterocycles. The molecule has 176 valence electrons. The lowest BCUT2D eigenvalue weighted by Gasteiger charge is -2.17. The molecule has 35 heavy (non-hydrogen) atoms. The predicted octanol–water partition coefficient (Wildman–Crippen LogP) is 3.64. The summed E-state index contributed by atoms with van der Waals surface area (Å²) in [7, 11) is 0. The highest BCUT2D eigenvalue weighted by atomic mass is 16.5. The summed E-state index contributed by atoms with van der Waals surface area (Å²) in [6.45, 7) is 2.33. The minimum atomic E-state index is 0.0443. The van der Waals surface area contributed by atoms with E-state index in [1.165, 1.54) is 5.56 Å². The van der Waals surface area contributed by atoms with Crippen LogP contribution in [0.2, 0.25) is 0 Å². The molecular weight excluding hydrogens is 440 g/mol. The van der Waals surface area contributed by atoms with Gasteiger partial charge in [-0.25, -0.2) is 4.98 Å². The minimum Gasteiger partial charge on any atom is -0.457 e. The van der Waals surface area contributed by atoms with Gasteiger partial charge in [0.05, 0.1) is 12.7 Å². The number of benzene rings is 2. The summed E-state index contributed by atoms with van der Waals surface area (Å²) in [4.78, 5) is 4.31. The van der Waals surface area contributed by atoms with E-state index >= 15 is 0 Å². The van der Waals surface area contributed by atoms with Crippen molar-refractivity contribution in [3.63, 3.8) is 0 Å². The molecule has 0 saturated carbocycles. The molecule has 2 aromatic carbocycles. The van der Waals surface area contributed by atoms with Gasteiger partial charge in [0.25, 0.3) is 0 Å². The molecule has 1 aliphatic rings. The summed E-state index contributed by atoms with van der Waals surface area (Å²) in [5.41, 5.74) is 11.8. The van der Waals surface area contributed by atoms with Crippen molar-refractivity contribution in [3.8, 4) is 11.5 Å². The Morgan fingerprint density at radius 1 is 0.971 bits per heavy atom. The average Bonchev–Trinajstić information content (AvgIpc) is 3.51. The normalized spacial score (nSPS) is 16.5. The summed E-state index contributed by atoms with van der Waals surface area (Å²) in [5, 5.41) is 19.5. The van der Waals surface area contributed by atoms with Gasteiger partial charge in [-0.3, -0.25) is 4.68 Å². The molecule has 0 fully saturated rings. The lowest BCUT2D eigenvalue weighted by Crippen LogP contribution is -2.21. The SMILES string of the molecule is Nc1cc([C@@H]2CCNCCc3cccc(c3)Oc3cccc(c3)Cn3cc2cn3)c2n[nH]nc2n1. The number of hydrogen-bond donors (Lipinski definition) is 3. The third-order valence-electron chi connectivity index (χ3n) is 6.35. The lowest BCUT2D eigenvalue weighted by atomic mass is 9.90. The number of ether oxygens (including phenoxy) is 1. The fraction of sp³-hybridized carbons (Fsp3) is 0.231. The summed E-state index contributed by atoms with van der Waals surface area (Å²) < 4.78 is 8.11. The third kappa shape index (κ3) is 4.58. The van der Waals surface area contributed by atoms with E-state index in [0.717, 1.165) is 59.6 Å². The van der Waals surface area contributed by atoms with E-state index in [9.17, 15) is 0 Å². The Bertz CT molecular complexity index is 1470. The fourth-order valence-electron chi connectivity index (χ4n) is 4.69. The van der Waals surface area contributed by atoms with Gasteiger partial charge in [-0.05, 0) is 78.5 Å². The second-order valence-electron chi connectivity index (χ2n) is 8.84. The van der Waals surface area contributed by atoms with E-state index in [1.54, 1.807) is 0 Å². The van der Waals surface area contributed by atoms with Crippen LogP contribution in [0.1, 0.15) is 34.6 Å². The number of hydrogen-bond acceptors (Lipinski definition) is 7. The number of aromatic nitrogens is 6. The molecule has 6 bridgehead atoms. The second kappa shape index (κ2) is 9.19. The van der Waals surface area contributed by atoms with E-state index in [2.05, 4.69) is 61.3 Å². The molecule has 1 atom stereocenters. The molecular formula is C26H26N8O. The Morgan fingerprint density at radius 2 is 1.80 bits per heavy atom. The van der Waals surface area contributed by atoms with Crippen molar-refractivity contribution in [3.05, 3.63) is 89.2 Å². The molecule has 5 aromatic rings. The van der Waals surface area contributed by atoms with Gasteiger partial charge in [0.15, 0.2) is 0 Å². The van der Waals surface area contributed by atoms with Crippen molar-refractivity contribution < 1.29 is 4.74 Å². The summed E-state index contributed by atoms with van der Waals surface area (Å²) >= 11 is 0. The van der Waals surface area contributed by atoms with E-state index in [0.29, 0.717) is 18.0 Å². The Balaban J connectivity index is 1.38. The highest BCUT2D eigenvalue weighted by Crippen LogP contribution is 2.32. The predicted molar refractivity (Wildman–Crippen MR) is 133 cm³/mol. The fourth-order valence-corrected chi connectivity index (χ4v) is 4.69. The summed E-state index contributed by atoms with van der Waals surface area (Å²) in [6, 6.07) is 18.3. The first kappa shape index (κ1) is 21.3. The van der Waals surface area contributed by atoms with Crippen molar-refractivity contribution in [1.82, 2.24) is 35.5 Å². The van der Waals surface area contributed by atoms with E-state index in [1.807, 2.05) is 41.2 Å². The van der Waals surface area contributed by atoms with Crippen molar-refractivity contribution in [1.29, 1.82) is 0 Å². The van der Waals surface area contributed by atoms with Gasteiger partial charge in [-0.15, -0.1) is 5.10 Å². The first-order chi connectivity index (χ1) is 17.2. The van der Waals surface area contributed by atoms with Crippen LogP contribution in [-0.2, 0) is 13.0 Å². The standard InChI is InChI=1S/C26H26N8O/c27-24-13-23(25-26(30-24)32-33-31-25)22-8-10-28-9-7-17-3-1-5-20(11-17)35-21-6-2-4-18(12-21)15-34-16-19(22)14-29-34/h1-6,11-14,16,22,28H,7-10,15H2,(H3,27,30,31,32,33)/t22-/m1/s1. The summed E-state index contributed by atoms with van der Waals surface area (Å²) in [6.07, 6.45) is 5.80. The summed E-state index contributed by atoms with van der Waals surface area (Å²) in [5.74, 6) is 2.13. The molecule has 0 aliphatic carbocycles. The molecule has 0 unspecified atom stereocenters. The zero-order valence-electron chi connectivity index (χ0n) is 19.2. The monoisotopic (exact) mass is 466 g/mol. The van der Waals surface area contributed by atoms with Crippen LogP contribution in [0.4, 0.5) is 5.82 Å². The van der Waals surface area contributed by atoms with Crippen molar-refractivity contribution in [2.75, 3.05) is 18.8 Å². The smallest absolute Gasteiger partial charge is 0.203 e. The van der Waals surface area contributed by atoms with Crippen molar-refractivity contribution in [2.45, 2.75) is 25.3 Å². The number of anilines is 1. The van der Waals surface area contributed by atoms with Crippen molar-refractivity contribution in [2.24, 2.45) is 0 Å². The number of pyridine rings is 1. The zero-order chi connectivity index (χ0) is 23.6. The van der Waals surface area contributed by atoms with Gasteiger partial charge in [0.2, 0.25) is 5.65 Å². The van der Waals surface area contributed by atoms with Crippen LogP contribution in [0.5, 0.6) is 11.5 Å². The number of aromatic amines is 1. The number of nitrogens with zero attached hydrogens (tertiary/aromatic N) is 5. The number of nitrogens with two attached hydrogens (primary N) is 1. The van der Waals surface area contributed by atoms with Crippen LogP contribution in [0.3, 0.4) is 0 Å². The van der Waals surface area contributed by atoms with Crippen molar-refractivity contribution >= 4 is 17.0 Å². The molecule has 9 heteroatoms. The Morgan fingerprint density at radius 3 is 2.69 bits per heavy atom. The number of nitrogen functional groups attached to an aromatic ring is 1. The molecule has 0 saturated heterocycles. The van der Waals surface area contributed by atoms with Gasteiger partial charge in [-0.2, -0.15) is 15.4 Å². The number of rotatable bonds is 1. The molecule has 0 spiro atoms.